The number of carbonyl (C=O) groups is 1. The smallest absolute Gasteiger partial charge is 0.351 e. The number of sulfone groups is 1. The molecule has 12 heteroatoms. The van der Waals surface area contributed by atoms with Crippen LogP contribution in [0.3, 0.4) is 0 Å². The van der Waals surface area contributed by atoms with Crippen LogP contribution in [0.5, 0.6) is 0 Å². The van der Waals surface area contributed by atoms with Gasteiger partial charge in [-0.15, -0.1) is 0 Å². The van der Waals surface area contributed by atoms with Gasteiger partial charge in [0.25, 0.3) is 0 Å². The summed E-state index contributed by atoms with van der Waals surface area (Å²) in [6.45, 7) is 1.53. The van der Waals surface area contributed by atoms with E-state index in [0.717, 1.165) is 24.3 Å². The van der Waals surface area contributed by atoms with Crippen molar-refractivity contribution < 1.29 is 30.8 Å². The summed E-state index contributed by atoms with van der Waals surface area (Å²) in [5.41, 5.74) is -1.27. The molecule has 4 rings (SSSR count). The van der Waals surface area contributed by atoms with Crippen molar-refractivity contribution in [3.05, 3.63) is 76.8 Å². The minimum absolute atomic E-state index is 0.0438. The molecule has 6 nitrogen and oxygen atoms in total. The van der Waals surface area contributed by atoms with Crippen molar-refractivity contribution >= 4 is 27.3 Å². The van der Waals surface area contributed by atoms with Gasteiger partial charge >= 0.3 is 6.18 Å². The van der Waals surface area contributed by atoms with Crippen LogP contribution in [0, 0.1) is 11.2 Å². The van der Waals surface area contributed by atoms with Crippen molar-refractivity contribution in [2.45, 2.75) is 49.1 Å². The molecule has 1 heterocycles. The molecule has 3 aromatic rings. The van der Waals surface area contributed by atoms with Crippen LogP contribution in [-0.2, 0) is 27.4 Å². The molecule has 192 valence electrons. The standard InChI is InChI=1S/C24H22ClF4N3O3S/c1-23(12-2-3-20(23)36(34,35)19-10-6-17(26)7-11-19)22(33)30-13-15-14-32(31-21(15)25)18-8-4-16(5-9-18)24(27,28)29/h4-11,14,20H,2-3,12-13H2,1H3,(H,30,33)/t20-,23+/m1/s1. The third kappa shape index (κ3) is 4.99. The first-order valence-electron chi connectivity index (χ1n) is 11.0. The number of halogens is 5. The molecule has 0 radical (unpaired) electrons. The molecule has 0 bridgehead atoms. The molecule has 1 fully saturated rings. The van der Waals surface area contributed by atoms with Gasteiger partial charge in [0.15, 0.2) is 15.0 Å². The maximum absolute atomic E-state index is 13.3. The van der Waals surface area contributed by atoms with Gasteiger partial charge in [-0.25, -0.2) is 17.5 Å². The number of amides is 1. The van der Waals surface area contributed by atoms with Gasteiger partial charge in [0.2, 0.25) is 5.91 Å². The van der Waals surface area contributed by atoms with Gasteiger partial charge in [0.1, 0.15) is 5.82 Å². The number of nitrogens with one attached hydrogen (secondary N) is 1. The molecule has 1 aromatic heterocycles. The number of hydrogen-bond donors (Lipinski definition) is 1. The first kappa shape index (κ1) is 26.2. The highest BCUT2D eigenvalue weighted by molar-refractivity contribution is 7.92. The first-order chi connectivity index (χ1) is 16.8. The van der Waals surface area contributed by atoms with Gasteiger partial charge in [-0.05, 0) is 68.3 Å². The Kier molecular flexibility index (Phi) is 6.91. The van der Waals surface area contributed by atoms with Crippen molar-refractivity contribution in [2.75, 3.05) is 0 Å². The topological polar surface area (TPSA) is 81.1 Å². The number of aromatic nitrogens is 2. The van der Waals surface area contributed by atoms with Crippen LogP contribution >= 0.6 is 11.6 Å². The van der Waals surface area contributed by atoms with Crippen molar-refractivity contribution in [1.82, 2.24) is 15.1 Å². The Hall–Kier alpha value is -2.92. The highest BCUT2D eigenvalue weighted by Gasteiger charge is 2.51. The molecule has 1 aliphatic rings. The second kappa shape index (κ2) is 9.51. The van der Waals surface area contributed by atoms with Gasteiger partial charge in [-0.2, -0.15) is 18.3 Å². The molecule has 0 aliphatic heterocycles. The lowest BCUT2D eigenvalue weighted by Gasteiger charge is -2.30. The fourth-order valence-electron chi connectivity index (χ4n) is 4.50. The van der Waals surface area contributed by atoms with Gasteiger partial charge in [0, 0.05) is 18.3 Å². The van der Waals surface area contributed by atoms with Gasteiger partial charge < -0.3 is 5.32 Å². The minimum Gasteiger partial charge on any atom is -0.351 e. The highest BCUT2D eigenvalue weighted by Crippen LogP contribution is 2.44. The second-order valence-corrected chi connectivity index (χ2v) is 11.4. The molecule has 0 saturated heterocycles. The molecule has 1 N–H and O–H groups in total. The lowest BCUT2D eigenvalue weighted by atomic mass is 9.87. The SMILES string of the molecule is C[C@]1(C(=O)NCc2cn(-c3ccc(C(F)(F)F)cc3)nc2Cl)CCC[C@H]1S(=O)(=O)c1ccc(F)cc1. The average molecular weight is 544 g/mol. The van der Waals surface area contributed by atoms with E-state index in [1.54, 1.807) is 6.92 Å². The van der Waals surface area contributed by atoms with E-state index >= 15 is 0 Å². The summed E-state index contributed by atoms with van der Waals surface area (Å²) in [5.74, 6) is -1.04. The molecule has 1 saturated carbocycles. The average Bonchev–Trinajstić information content (AvgIpc) is 3.41. The summed E-state index contributed by atoms with van der Waals surface area (Å²) in [5, 5.41) is 5.88. The van der Waals surface area contributed by atoms with E-state index in [9.17, 15) is 30.8 Å². The van der Waals surface area contributed by atoms with Gasteiger partial charge in [-0.3, -0.25) is 4.79 Å². The second-order valence-electron chi connectivity index (χ2n) is 8.91. The number of hydrogen-bond acceptors (Lipinski definition) is 4. The van der Waals surface area contributed by atoms with E-state index in [1.165, 1.54) is 35.1 Å². The van der Waals surface area contributed by atoms with Crippen molar-refractivity contribution in [1.29, 1.82) is 0 Å². The maximum atomic E-state index is 13.3. The van der Waals surface area contributed by atoms with Crippen LogP contribution in [0.25, 0.3) is 5.69 Å². The zero-order valence-corrected chi connectivity index (χ0v) is 20.6. The molecule has 2 aromatic carbocycles. The lowest BCUT2D eigenvalue weighted by molar-refractivity contribution is -0.137. The van der Waals surface area contributed by atoms with Crippen LogP contribution in [0.4, 0.5) is 17.6 Å². The Morgan fingerprint density at radius 1 is 1.17 bits per heavy atom. The van der Waals surface area contributed by atoms with Crippen LogP contribution in [0.1, 0.15) is 37.3 Å². The predicted octanol–water partition coefficient (Wildman–Crippen LogP) is 5.33. The van der Waals surface area contributed by atoms with Crippen molar-refractivity contribution in [2.24, 2.45) is 5.41 Å². The normalized spacial score (nSPS) is 20.4. The van der Waals surface area contributed by atoms with E-state index in [-0.39, 0.29) is 23.0 Å². The van der Waals surface area contributed by atoms with Crippen LogP contribution < -0.4 is 5.32 Å². The summed E-state index contributed by atoms with van der Waals surface area (Å²) in [6, 6.07) is 8.86. The molecule has 1 amide bonds. The molecule has 2 atom stereocenters. The largest absolute Gasteiger partial charge is 0.416 e. The maximum Gasteiger partial charge on any atom is 0.416 e. The number of rotatable bonds is 6. The Morgan fingerprint density at radius 3 is 2.42 bits per heavy atom. The van der Waals surface area contributed by atoms with Crippen molar-refractivity contribution in [3.63, 3.8) is 0 Å². The zero-order chi connectivity index (χ0) is 26.3. The third-order valence-electron chi connectivity index (χ3n) is 6.55. The Labute approximate surface area is 210 Å². The van der Waals surface area contributed by atoms with E-state index in [0.29, 0.717) is 24.1 Å². The summed E-state index contributed by atoms with van der Waals surface area (Å²) >= 11 is 6.18. The molecular weight excluding hydrogens is 522 g/mol. The molecule has 36 heavy (non-hydrogen) atoms. The number of nitrogens with zero attached hydrogens (tertiary/aromatic N) is 2. The summed E-state index contributed by atoms with van der Waals surface area (Å²) in [4.78, 5) is 13.1. The Balaban J connectivity index is 1.49. The van der Waals surface area contributed by atoms with E-state index in [2.05, 4.69) is 10.4 Å². The lowest BCUT2D eigenvalue weighted by Crippen LogP contribution is -2.46. The van der Waals surface area contributed by atoms with Gasteiger partial charge in [-0.1, -0.05) is 18.0 Å². The molecule has 0 spiro atoms. The van der Waals surface area contributed by atoms with E-state index in [4.69, 9.17) is 11.6 Å². The Morgan fingerprint density at radius 2 is 1.81 bits per heavy atom. The summed E-state index contributed by atoms with van der Waals surface area (Å²) in [7, 11) is -3.90. The van der Waals surface area contributed by atoms with Gasteiger partial charge in [0.05, 0.1) is 26.8 Å². The quantitative estimate of drug-likeness (QED) is 0.336. The minimum atomic E-state index is -4.46. The molecular formula is C24H22ClF4N3O3S. The monoisotopic (exact) mass is 543 g/mol. The number of benzene rings is 2. The fraction of sp³-hybridized carbons (Fsp3) is 0.333. The predicted molar refractivity (Wildman–Crippen MR) is 125 cm³/mol. The highest BCUT2D eigenvalue weighted by atomic mass is 35.5. The first-order valence-corrected chi connectivity index (χ1v) is 12.9. The van der Waals surface area contributed by atoms with Crippen molar-refractivity contribution in [3.8, 4) is 5.69 Å². The molecule has 0 unspecified atom stereocenters. The van der Waals surface area contributed by atoms with E-state index in [1.807, 2.05) is 0 Å². The zero-order valence-electron chi connectivity index (χ0n) is 19.0. The van der Waals surface area contributed by atoms with E-state index < -0.39 is 44.0 Å². The molecule has 1 aliphatic carbocycles. The number of carbonyl (C=O) groups excluding carboxylic acids is 1. The number of alkyl halides is 3. The fourth-order valence-corrected chi connectivity index (χ4v) is 6.93. The summed E-state index contributed by atoms with van der Waals surface area (Å²) in [6.07, 6.45) is -1.82. The van der Waals surface area contributed by atoms with Crippen LogP contribution in [0.2, 0.25) is 5.15 Å². The summed E-state index contributed by atoms with van der Waals surface area (Å²) < 4.78 is 79.4. The van der Waals surface area contributed by atoms with Crippen LogP contribution in [-0.4, -0.2) is 29.4 Å². The Bertz CT molecular complexity index is 1370. The third-order valence-corrected chi connectivity index (χ3v) is 9.30. The van der Waals surface area contributed by atoms with Crippen LogP contribution in [0.15, 0.2) is 59.6 Å².